The third-order valence-corrected chi connectivity index (χ3v) is 2.59. The predicted octanol–water partition coefficient (Wildman–Crippen LogP) is 3.81. The second kappa shape index (κ2) is 8.17. The molecule has 0 heterocycles. The summed E-state index contributed by atoms with van der Waals surface area (Å²) in [7, 11) is 0. The van der Waals surface area contributed by atoms with Gasteiger partial charge in [0.2, 0.25) is 5.24 Å². The Balaban J connectivity index is 1.94. The lowest BCUT2D eigenvalue weighted by atomic mass is 10.1. The number of nitrogens with one attached hydrogen (secondary N) is 1. The van der Waals surface area contributed by atoms with Gasteiger partial charge in [-0.05, 0) is 36.6 Å². The van der Waals surface area contributed by atoms with Crippen molar-refractivity contribution in [3.8, 4) is 0 Å². The first-order valence-electron chi connectivity index (χ1n) is 5.76. The summed E-state index contributed by atoms with van der Waals surface area (Å²) in [6.45, 7) is 0.985. The molecule has 2 nitrogen and oxygen atoms in total. The summed E-state index contributed by atoms with van der Waals surface area (Å²) >= 11 is 5.25. The number of benzene rings is 1. The fourth-order valence-corrected chi connectivity index (χ4v) is 1.66. The molecule has 0 aliphatic heterocycles. The van der Waals surface area contributed by atoms with E-state index in [-0.39, 0.29) is 5.24 Å². The predicted molar refractivity (Wildman–Crippen MR) is 68.9 cm³/mol. The van der Waals surface area contributed by atoms with Crippen LogP contribution < -0.4 is 5.32 Å². The number of carbonyl (C=O) groups is 1. The molecule has 0 saturated carbocycles. The van der Waals surface area contributed by atoms with Crippen LogP contribution in [-0.4, -0.2) is 11.8 Å². The molecule has 0 unspecified atom stereocenters. The first-order valence-corrected chi connectivity index (χ1v) is 6.14. The van der Waals surface area contributed by atoms with Gasteiger partial charge in [0, 0.05) is 18.7 Å². The highest BCUT2D eigenvalue weighted by molar-refractivity contribution is 6.63. The molecule has 3 heteroatoms. The molecule has 16 heavy (non-hydrogen) atoms. The van der Waals surface area contributed by atoms with Crippen LogP contribution >= 0.6 is 11.6 Å². The van der Waals surface area contributed by atoms with Gasteiger partial charge in [0.1, 0.15) is 0 Å². The molecule has 0 spiro atoms. The monoisotopic (exact) mass is 239 g/mol. The Labute approximate surface area is 102 Å². The lowest BCUT2D eigenvalue weighted by Crippen LogP contribution is -2.00. The number of hydrogen-bond donors (Lipinski definition) is 1. The Morgan fingerprint density at radius 3 is 2.44 bits per heavy atom. The molecule has 1 aromatic rings. The molecule has 0 atom stereocenters. The van der Waals surface area contributed by atoms with Crippen LogP contribution in [0, 0.1) is 0 Å². The van der Waals surface area contributed by atoms with Crippen molar-refractivity contribution < 1.29 is 4.79 Å². The topological polar surface area (TPSA) is 29.1 Å². The molecule has 0 aliphatic carbocycles. The van der Waals surface area contributed by atoms with E-state index >= 15 is 0 Å². The van der Waals surface area contributed by atoms with Gasteiger partial charge in [-0.15, -0.1) is 0 Å². The van der Waals surface area contributed by atoms with Gasteiger partial charge in [0.15, 0.2) is 0 Å². The van der Waals surface area contributed by atoms with Crippen molar-refractivity contribution in [1.82, 2.24) is 0 Å². The molecule has 0 bridgehead atoms. The van der Waals surface area contributed by atoms with Crippen molar-refractivity contribution in [2.75, 3.05) is 11.9 Å². The van der Waals surface area contributed by atoms with Gasteiger partial charge in [-0.25, -0.2) is 0 Å². The highest BCUT2D eigenvalue weighted by atomic mass is 35.5. The Kier molecular flexibility index (Phi) is 6.66. The van der Waals surface area contributed by atoms with Gasteiger partial charge < -0.3 is 5.32 Å². The summed E-state index contributed by atoms with van der Waals surface area (Å²) in [5, 5.41) is 3.13. The molecule has 88 valence electrons. The Morgan fingerprint density at radius 1 is 1.06 bits per heavy atom. The molecule has 1 aromatic carbocycles. The lowest BCUT2D eigenvalue weighted by Gasteiger charge is -2.05. The molecule has 0 radical (unpaired) electrons. The second-order valence-corrected chi connectivity index (χ2v) is 4.23. The minimum atomic E-state index is -0.220. The van der Waals surface area contributed by atoms with Crippen molar-refractivity contribution in [2.24, 2.45) is 0 Å². The summed E-state index contributed by atoms with van der Waals surface area (Å²) < 4.78 is 0. The van der Waals surface area contributed by atoms with Gasteiger partial charge in [0.05, 0.1) is 0 Å². The zero-order valence-electron chi connectivity index (χ0n) is 9.42. The van der Waals surface area contributed by atoms with Crippen LogP contribution in [0.4, 0.5) is 5.69 Å². The SMILES string of the molecule is O=C(Cl)CCCCCCNc1ccccc1. The van der Waals surface area contributed by atoms with Crippen molar-refractivity contribution in [3.63, 3.8) is 0 Å². The number of halogens is 1. The van der Waals surface area contributed by atoms with Crippen LogP contribution in [0.2, 0.25) is 0 Å². The van der Waals surface area contributed by atoms with Crippen molar-refractivity contribution in [3.05, 3.63) is 30.3 Å². The quantitative estimate of drug-likeness (QED) is 0.552. The van der Waals surface area contributed by atoms with Crippen molar-refractivity contribution in [2.45, 2.75) is 32.1 Å². The normalized spacial score (nSPS) is 10.1. The largest absolute Gasteiger partial charge is 0.385 e. The smallest absolute Gasteiger partial charge is 0.221 e. The maximum absolute atomic E-state index is 10.5. The molecular formula is C13H18ClNO. The first-order chi connectivity index (χ1) is 7.79. The summed E-state index contributed by atoms with van der Waals surface area (Å²) in [6, 6.07) is 10.2. The summed E-state index contributed by atoms with van der Waals surface area (Å²) in [5.41, 5.74) is 1.17. The summed E-state index contributed by atoms with van der Waals surface area (Å²) in [6.07, 6.45) is 4.77. The third kappa shape index (κ3) is 6.46. The van der Waals surface area contributed by atoms with Crippen LogP contribution in [-0.2, 0) is 4.79 Å². The number of para-hydroxylation sites is 1. The van der Waals surface area contributed by atoms with Crippen molar-refractivity contribution in [1.29, 1.82) is 0 Å². The summed E-state index contributed by atoms with van der Waals surface area (Å²) in [5.74, 6) is 0. The van der Waals surface area contributed by atoms with E-state index in [1.165, 1.54) is 5.69 Å². The molecular weight excluding hydrogens is 222 g/mol. The molecule has 1 rings (SSSR count). The summed E-state index contributed by atoms with van der Waals surface area (Å²) in [4.78, 5) is 10.5. The van der Waals surface area contributed by atoms with Crippen LogP contribution in [0.3, 0.4) is 0 Å². The van der Waals surface area contributed by atoms with E-state index in [4.69, 9.17) is 11.6 Å². The maximum atomic E-state index is 10.5. The lowest BCUT2D eigenvalue weighted by molar-refractivity contribution is -0.111. The molecule has 0 aliphatic rings. The van der Waals surface area contributed by atoms with Gasteiger partial charge >= 0.3 is 0 Å². The van der Waals surface area contributed by atoms with E-state index in [9.17, 15) is 4.79 Å². The molecule has 1 N–H and O–H groups in total. The van der Waals surface area contributed by atoms with E-state index < -0.39 is 0 Å². The average Bonchev–Trinajstić information content (AvgIpc) is 2.29. The van der Waals surface area contributed by atoms with Crippen LogP contribution in [0.15, 0.2) is 30.3 Å². The Hall–Kier alpha value is -1.02. The highest BCUT2D eigenvalue weighted by Crippen LogP contribution is 2.07. The second-order valence-electron chi connectivity index (χ2n) is 3.81. The maximum Gasteiger partial charge on any atom is 0.221 e. The number of hydrogen-bond acceptors (Lipinski definition) is 2. The minimum absolute atomic E-state index is 0.220. The van der Waals surface area contributed by atoms with E-state index in [0.717, 1.165) is 32.2 Å². The van der Waals surface area contributed by atoms with E-state index in [2.05, 4.69) is 17.4 Å². The standard InChI is InChI=1S/C13H18ClNO/c14-13(16)10-6-1-2-7-11-15-12-8-4-3-5-9-12/h3-5,8-9,15H,1-2,6-7,10-11H2. The van der Waals surface area contributed by atoms with Gasteiger partial charge in [-0.3, -0.25) is 4.79 Å². The van der Waals surface area contributed by atoms with Crippen LogP contribution in [0.25, 0.3) is 0 Å². The number of unbranched alkanes of at least 4 members (excludes halogenated alkanes) is 3. The number of rotatable bonds is 8. The molecule has 0 saturated heterocycles. The third-order valence-electron chi connectivity index (χ3n) is 2.40. The molecule has 0 fully saturated rings. The molecule has 0 aromatic heterocycles. The first kappa shape index (κ1) is 13.0. The zero-order chi connectivity index (χ0) is 11.6. The van der Waals surface area contributed by atoms with Crippen LogP contribution in [0.1, 0.15) is 32.1 Å². The Morgan fingerprint density at radius 2 is 1.75 bits per heavy atom. The van der Waals surface area contributed by atoms with E-state index in [1.54, 1.807) is 0 Å². The van der Waals surface area contributed by atoms with E-state index in [0.29, 0.717) is 6.42 Å². The van der Waals surface area contributed by atoms with Gasteiger partial charge in [-0.1, -0.05) is 31.0 Å². The Bertz CT molecular complexity index is 300. The van der Waals surface area contributed by atoms with Gasteiger partial charge in [0.25, 0.3) is 0 Å². The van der Waals surface area contributed by atoms with E-state index in [1.807, 2.05) is 18.2 Å². The number of carbonyl (C=O) groups excluding carboxylic acids is 1. The van der Waals surface area contributed by atoms with Crippen LogP contribution in [0.5, 0.6) is 0 Å². The van der Waals surface area contributed by atoms with Crippen molar-refractivity contribution >= 4 is 22.5 Å². The minimum Gasteiger partial charge on any atom is -0.385 e. The molecule has 0 amide bonds. The fourth-order valence-electron chi connectivity index (χ4n) is 1.53. The van der Waals surface area contributed by atoms with Gasteiger partial charge in [-0.2, -0.15) is 0 Å². The highest BCUT2D eigenvalue weighted by Gasteiger charge is 1.95. The average molecular weight is 240 g/mol. The zero-order valence-corrected chi connectivity index (χ0v) is 10.2. The fraction of sp³-hybridized carbons (Fsp3) is 0.462. The number of anilines is 1.